The normalized spacial score (nSPS) is 12.5. The van der Waals surface area contributed by atoms with Gasteiger partial charge in [-0.25, -0.2) is 4.39 Å². The third-order valence-corrected chi connectivity index (χ3v) is 4.06. The van der Waals surface area contributed by atoms with Gasteiger partial charge in [0.25, 0.3) is 0 Å². The van der Waals surface area contributed by atoms with E-state index in [1.54, 1.807) is 26.0 Å². The molecule has 0 aliphatic rings. The number of hydrogen-bond donors (Lipinski definition) is 1. The van der Waals surface area contributed by atoms with Crippen LogP contribution in [0.3, 0.4) is 0 Å². The molecule has 100 valence electrons. The van der Waals surface area contributed by atoms with Gasteiger partial charge in [-0.3, -0.25) is 0 Å². The average Bonchev–Trinajstić information content (AvgIpc) is 2.33. The van der Waals surface area contributed by atoms with Crippen LogP contribution in [0, 0.1) is 12.7 Å². The minimum atomic E-state index is -0.711. The third kappa shape index (κ3) is 3.50. The van der Waals surface area contributed by atoms with Crippen LogP contribution in [0.4, 0.5) is 4.39 Å². The van der Waals surface area contributed by atoms with Crippen LogP contribution in [0.1, 0.15) is 24.2 Å². The molecule has 1 nitrogen and oxygen atoms in total. The van der Waals surface area contributed by atoms with Crippen LogP contribution in [0.25, 0.3) is 0 Å². The number of aryl methyl sites for hydroxylation is 1. The third-order valence-electron chi connectivity index (χ3n) is 2.77. The highest BCUT2D eigenvalue weighted by molar-refractivity contribution is 7.99. The van der Waals surface area contributed by atoms with Gasteiger partial charge in [0.15, 0.2) is 0 Å². The van der Waals surface area contributed by atoms with Crippen molar-refractivity contribution >= 4 is 23.4 Å². The molecule has 0 unspecified atom stereocenters. The van der Waals surface area contributed by atoms with Gasteiger partial charge in [-0.05, 0) is 55.3 Å². The fraction of sp³-hybridized carbons (Fsp3) is 0.200. The molecule has 0 saturated heterocycles. The molecule has 4 heteroatoms. The van der Waals surface area contributed by atoms with Crippen molar-refractivity contribution < 1.29 is 9.50 Å². The molecule has 0 bridgehead atoms. The van der Waals surface area contributed by atoms with E-state index in [9.17, 15) is 9.50 Å². The van der Waals surface area contributed by atoms with E-state index < -0.39 is 6.10 Å². The maximum Gasteiger partial charge on any atom is 0.126 e. The molecule has 0 aliphatic carbocycles. The van der Waals surface area contributed by atoms with Crippen LogP contribution >= 0.6 is 23.4 Å². The van der Waals surface area contributed by atoms with Gasteiger partial charge in [0, 0.05) is 14.8 Å². The van der Waals surface area contributed by atoms with E-state index in [1.807, 2.05) is 18.2 Å². The number of benzene rings is 2. The molecule has 1 atom stereocenters. The molecule has 0 fully saturated rings. The summed E-state index contributed by atoms with van der Waals surface area (Å²) in [5.41, 5.74) is 1.15. The highest BCUT2D eigenvalue weighted by Crippen LogP contribution is 2.35. The fourth-order valence-electron chi connectivity index (χ4n) is 1.74. The van der Waals surface area contributed by atoms with Crippen molar-refractivity contribution in [1.82, 2.24) is 0 Å². The van der Waals surface area contributed by atoms with Crippen LogP contribution in [0.15, 0.2) is 46.2 Å². The van der Waals surface area contributed by atoms with Crippen molar-refractivity contribution in [3.05, 3.63) is 58.4 Å². The molecular weight excluding hydrogens is 283 g/mol. The molecule has 0 saturated carbocycles. The van der Waals surface area contributed by atoms with Crippen LogP contribution in [0.2, 0.25) is 5.02 Å². The Hall–Kier alpha value is -1.03. The summed E-state index contributed by atoms with van der Waals surface area (Å²) in [6, 6.07) is 10.6. The maximum absolute atomic E-state index is 13.6. The summed E-state index contributed by atoms with van der Waals surface area (Å²) in [7, 11) is 0. The summed E-state index contributed by atoms with van der Waals surface area (Å²) in [5, 5.41) is 10.4. The standard InChI is InChI=1S/C15H14ClFOS/c1-9-6-15(13(10(2)18)8-14(9)17)19-12-5-3-4-11(16)7-12/h3-8,10,18H,1-2H3/t10-/m1/s1. The quantitative estimate of drug-likeness (QED) is 0.861. The van der Waals surface area contributed by atoms with Gasteiger partial charge >= 0.3 is 0 Å². The van der Waals surface area contributed by atoms with Crippen LogP contribution in [0.5, 0.6) is 0 Å². The Labute approximate surface area is 121 Å². The van der Waals surface area contributed by atoms with E-state index in [0.717, 1.165) is 9.79 Å². The van der Waals surface area contributed by atoms with Gasteiger partial charge in [-0.15, -0.1) is 0 Å². The summed E-state index contributed by atoms with van der Waals surface area (Å²) < 4.78 is 13.6. The summed E-state index contributed by atoms with van der Waals surface area (Å²) in [6.45, 7) is 3.34. The summed E-state index contributed by atoms with van der Waals surface area (Å²) >= 11 is 7.42. The van der Waals surface area contributed by atoms with Gasteiger partial charge in [0.1, 0.15) is 5.82 Å². The minimum absolute atomic E-state index is 0.300. The number of aliphatic hydroxyl groups excluding tert-OH is 1. The largest absolute Gasteiger partial charge is 0.389 e. The van der Waals surface area contributed by atoms with E-state index in [1.165, 1.54) is 17.8 Å². The Bertz CT molecular complexity index is 599. The second-order valence-corrected chi connectivity index (χ2v) is 5.93. The molecular formula is C15H14ClFOS. The van der Waals surface area contributed by atoms with E-state index in [2.05, 4.69) is 0 Å². The summed E-state index contributed by atoms with van der Waals surface area (Å²) in [4.78, 5) is 1.80. The molecule has 1 N–H and O–H groups in total. The minimum Gasteiger partial charge on any atom is -0.389 e. The van der Waals surface area contributed by atoms with Gasteiger partial charge in [-0.2, -0.15) is 0 Å². The average molecular weight is 297 g/mol. The molecule has 2 aromatic rings. The van der Waals surface area contributed by atoms with Crippen molar-refractivity contribution in [1.29, 1.82) is 0 Å². The molecule has 0 spiro atoms. The van der Waals surface area contributed by atoms with E-state index >= 15 is 0 Å². The van der Waals surface area contributed by atoms with E-state index in [-0.39, 0.29) is 5.82 Å². The number of hydrogen-bond acceptors (Lipinski definition) is 2. The van der Waals surface area contributed by atoms with Crippen molar-refractivity contribution in [3.8, 4) is 0 Å². The SMILES string of the molecule is Cc1cc(Sc2cccc(Cl)c2)c([C@@H](C)O)cc1F. The highest BCUT2D eigenvalue weighted by atomic mass is 35.5. The Morgan fingerprint density at radius 2 is 2.00 bits per heavy atom. The first-order chi connectivity index (χ1) is 8.97. The topological polar surface area (TPSA) is 20.2 Å². The predicted octanol–water partition coefficient (Wildman–Crippen LogP) is 4.99. The molecule has 2 aromatic carbocycles. The van der Waals surface area contributed by atoms with Crippen LogP contribution in [-0.2, 0) is 0 Å². The molecule has 0 aliphatic heterocycles. The molecule has 19 heavy (non-hydrogen) atoms. The molecule has 2 rings (SSSR count). The molecule has 0 heterocycles. The zero-order valence-corrected chi connectivity index (χ0v) is 12.2. The lowest BCUT2D eigenvalue weighted by molar-refractivity contribution is 0.196. The number of rotatable bonds is 3. The number of aliphatic hydroxyl groups is 1. The van der Waals surface area contributed by atoms with Gasteiger partial charge in [0.05, 0.1) is 6.10 Å². The van der Waals surface area contributed by atoms with Crippen LogP contribution < -0.4 is 0 Å². The zero-order chi connectivity index (χ0) is 14.0. The first-order valence-electron chi connectivity index (χ1n) is 5.89. The van der Waals surface area contributed by atoms with Gasteiger partial charge < -0.3 is 5.11 Å². The lowest BCUT2D eigenvalue weighted by atomic mass is 10.1. The Morgan fingerprint density at radius 1 is 1.26 bits per heavy atom. The second-order valence-electron chi connectivity index (χ2n) is 4.37. The Balaban J connectivity index is 2.41. The number of halogens is 2. The summed E-state index contributed by atoms with van der Waals surface area (Å²) in [5.74, 6) is -0.300. The molecule has 0 aromatic heterocycles. The Kier molecular flexibility index (Phi) is 4.50. The second kappa shape index (κ2) is 5.95. The van der Waals surface area contributed by atoms with E-state index in [4.69, 9.17) is 11.6 Å². The lowest BCUT2D eigenvalue weighted by Crippen LogP contribution is -1.97. The highest BCUT2D eigenvalue weighted by Gasteiger charge is 2.13. The fourth-order valence-corrected chi connectivity index (χ4v) is 3.17. The Morgan fingerprint density at radius 3 is 2.63 bits per heavy atom. The zero-order valence-electron chi connectivity index (χ0n) is 10.7. The first kappa shape index (κ1) is 14.4. The van der Waals surface area contributed by atoms with Gasteiger partial charge in [0.2, 0.25) is 0 Å². The maximum atomic E-state index is 13.6. The van der Waals surface area contributed by atoms with Crippen molar-refractivity contribution in [2.75, 3.05) is 0 Å². The monoisotopic (exact) mass is 296 g/mol. The summed E-state index contributed by atoms with van der Waals surface area (Å²) in [6.07, 6.45) is -0.711. The first-order valence-corrected chi connectivity index (χ1v) is 7.08. The van der Waals surface area contributed by atoms with Crippen LogP contribution in [-0.4, -0.2) is 5.11 Å². The van der Waals surface area contributed by atoms with Gasteiger partial charge in [-0.1, -0.05) is 29.4 Å². The van der Waals surface area contributed by atoms with Crippen molar-refractivity contribution in [3.63, 3.8) is 0 Å². The van der Waals surface area contributed by atoms with Crippen molar-refractivity contribution in [2.45, 2.75) is 29.7 Å². The lowest BCUT2D eigenvalue weighted by Gasteiger charge is -2.13. The predicted molar refractivity (Wildman–Crippen MR) is 77.3 cm³/mol. The van der Waals surface area contributed by atoms with Crippen molar-refractivity contribution in [2.24, 2.45) is 0 Å². The van der Waals surface area contributed by atoms with E-state index in [0.29, 0.717) is 16.1 Å². The molecule has 0 amide bonds. The molecule has 0 radical (unpaired) electrons. The smallest absolute Gasteiger partial charge is 0.126 e.